The maximum atomic E-state index is 12.1. The fourth-order valence-electron chi connectivity index (χ4n) is 2.02. The quantitative estimate of drug-likeness (QED) is 0.837. The van der Waals surface area contributed by atoms with Crippen LogP contribution in [0.2, 0.25) is 0 Å². The van der Waals surface area contributed by atoms with E-state index in [9.17, 15) is 4.79 Å². The van der Waals surface area contributed by atoms with E-state index in [-0.39, 0.29) is 5.91 Å². The Morgan fingerprint density at radius 1 is 1.19 bits per heavy atom. The van der Waals surface area contributed by atoms with Gasteiger partial charge in [-0.3, -0.25) is 4.79 Å². The Bertz CT molecular complexity index is 632. The van der Waals surface area contributed by atoms with Crippen LogP contribution in [0.15, 0.2) is 20.8 Å². The lowest BCUT2D eigenvalue weighted by atomic mass is 10.1. The fourth-order valence-corrected chi connectivity index (χ4v) is 4.26. The van der Waals surface area contributed by atoms with Gasteiger partial charge in [-0.05, 0) is 38.2 Å². The van der Waals surface area contributed by atoms with Crippen molar-refractivity contribution in [2.75, 3.05) is 17.3 Å². The average Bonchev–Trinajstić information content (AvgIpc) is 2.88. The molecule has 0 spiro atoms. The number of hydrogen-bond acceptors (Lipinski definition) is 6. The maximum Gasteiger partial charge on any atom is 0.234 e. The second kappa shape index (κ2) is 7.29. The molecule has 2 aromatic rings. The van der Waals surface area contributed by atoms with Crippen LogP contribution in [-0.4, -0.2) is 28.1 Å². The number of benzene rings is 1. The molecule has 1 aromatic carbocycles. The SMILES string of the molecule is CSc1nnc(SCC(=O)Nc2c(C)cc(C)cc2C)s1. The lowest BCUT2D eigenvalue weighted by molar-refractivity contribution is -0.113. The maximum absolute atomic E-state index is 12.1. The lowest BCUT2D eigenvalue weighted by Crippen LogP contribution is -2.15. The number of thioether (sulfide) groups is 2. The van der Waals surface area contributed by atoms with Crippen LogP contribution >= 0.6 is 34.9 Å². The molecule has 4 nitrogen and oxygen atoms in total. The van der Waals surface area contributed by atoms with Crippen molar-refractivity contribution in [3.8, 4) is 0 Å². The van der Waals surface area contributed by atoms with Crippen molar-refractivity contribution in [2.45, 2.75) is 29.5 Å². The van der Waals surface area contributed by atoms with Crippen LogP contribution in [0.5, 0.6) is 0 Å². The summed E-state index contributed by atoms with van der Waals surface area (Å²) in [6.07, 6.45) is 1.96. The van der Waals surface area contributed by atoms with E-state index in [1.165, 1.54) is 28.7 Å². The van der Waals surface area contributed by atoms with Gasteiger partial charge in [0.25, 0.3) is 0 Å². The second-order valence-electron chi connectivity index (χ2n) is 4.65. The van der Waals surface area contributed by atoms with Gasteiger partial charge in [-0.15, -0.1) is 10.2 Å². The molecule has 1 amide bonds. The number of carbonyl (C=O) groups excluding carboxylic acids is 1. The molecule has 21 heavy (non-hydrogen) atoms. The van der Waals surface area contributed by atoms with E-state index >= 15 is 0 Å². The van der Waals surface area contributed by atoms with Crippen LogP contribution in [0.4, 0.5) is 5.69 Å². The van der Waals surface area contributed by atoms with Crippen LogP contribution in [0.25, 0.3) is 0 Å². The molecular weight excluding hydrogens is 322 g/mol. The first kappa shape index (κ1) is 16.3. The summed E-state index contributed by atoms with van der Waals surface area (Å²) in [5.74, 6) is 0.325. The van der Waals surface area contributed by atoms with Gasteiger partial charge in [0.15, 0.2) is 8.68 Å². The molecule has 0 bridgehead atoms. The molecule has 0 atom stereocenters. The Morgan fingerprint density at radius 2 is 1.81 bits per heavy atom. The Balaban J connectivity index is 1.96. The predicted molar refractivity (Wildman–Crippen MR) is 91.7 cm³/mol. The molecule has 112 valence electrons. The molecule has 0 aliphatic carbocycles. The van der Waals surface area contributed by atoms with Gasteiger partial charge in [0.05, 0.1) is 5.75 Å². The molecule has 1 heterocycles. The van der Waals surface area contributed by atoms with Crippen molar-refractivity contribution >= 4 is 46.5 Å². The molecule has 1 N–H and O–H groups in total. The van der Waals surface area contributed by atoms with Crippen molar-refractivity contribution < 1.29 is 4.79 Å². The van der Waals surface area contributed by atoms with Gasteiger partial charge < -0.3 is 5.32 Å². The van der Waals surface area contributed by atoms with Crippen LogP contribution in [-0.2, 0) is 4.79 Å². The highest BCUT2D eigenvalue weighted by Gasteiger charge is 2.10. The summed E-state index contributed by atoms with van der Waals surface area (Å²) in [6.45, 7) is 6.08. The molecular formula is C14H17N3OS3. The standard InChI is InChI=1S/C14H17N3OS3/c1-8-5-9(2)12(10(3)6-8)15-11(18)7-20-14-17-16-13(19-4)21-14/h5-6H,7H2,1-4H3,(H,15,18). The van der Waals surface area contributed by atoms with Gasteiger partial charge >= 0.3 is 0 Å². The van der Waals surface area contributed by atoms with Gasteiger partial charge in [-0.25, -0.2) is 0 Å². The van der Waals surface area contributed by atoms with Crippen molar-refractivity contribution in [1.82, 2.24) is 10.2 Å². The molecule has 0 fully saturated rings. The van der Waals surface area contributed by atoms with Gasteiger partial charge in [-0.1, -0.05) is 52.6 Å². The van der Waals surface area contributed by atoms with E-state index in [1.807, 2.05) is 20.1 Å². The normalized spacial score (nSPS) is 10.7. The van der Waals surface area contributed by atoms with Crippen LogP contribution in [0.3, 0.4) is 0 Å². The smallest absolute Gasteiger partial charge is 0.234 e. The summed E-state index contributed by atoms with van der Waals surface area (Å²) >= 11 is 4.49. The number of aryl methyl sites for hydroxylation is 3. The van der Waals surface area contributed by atoms with E-state index in [4.69, 9.17) is 0 Å². The number of aromatic nitrogens is 2. The molecule has 0 aliphatic heterocycles. The van der Waals surface area contributed by atoms with Gasteiger partial charge in [-0.2, -0.15) is 0 Å². The molecule has 0 unspecified atom stereocenters. The summed E-state index contributed by atoms with van der Waals surface area (Å²) < 4.78 is 1.75. The minimum Gasteiger partial charge on any atom is -0.325 e. The number of anilines is 1. The number of amides is 1. The zero-order valence-electron chi connectivity index (χ0n) is 12.4. The highest BCUT2D eigenvalue weighted by atomic mass is 32.2. The first-order valence-corrected chi connectivity index (χ1v) is 9.40. The summed E-state index contributed by atoms with van der Waals surface area (Å²) in [4.78, 5) is 12.1. The molecule has 0 radical (unpaired) electrons. The summed E-state index contributed by atoms with van der Waals surface area (Å²) in [5.41, 5.74) is 4.29. The predicted octanol–water partition coefficient (Wildman–Crippen LogP) is 3.92. The van der Waals surface area contributed by atoms with E-state index in [2.05, 4.69) is 34.6 Å². The number of nitrogens with zero attached hydrogens (tertiary/aromatic N) is 2. The molecule has 7 heteroatoms. The van der Waals surface area contributed by atoms with Gasteiger partial charge in [0.2, 0.25) is 5.91 Å². The van der Waals surface area contributed by atoms with Gasteiger partial charge in [0.1, 0.15) is 0 Å². The third-order valence-corrected chi connectivity index (χ3v) is 5.86. The zero-order chi connectivity index (χ0) is 15.4. The third kappa shape index (κ3) is 4.46. The molecule has 1 aromatic heterocycles. The van der Waals surface area contributed by atoms with Gasteiger partial charge in [0, 0.05) is 5.69 Å². The number of rotatable bonds is 5. The van der Waals surface area contributed by atoms with Crippen molar-refractivity contribution in [3.05, 3.63) is 28.8 Å². The average molecular weight is 340 g/mol. The van der Waals surface area contributed by atoms with Crippen LogP contribution < -0.4 is 5.32 Å². The Kier molecular flexibility index (Phi) is 5.66. The van der Waals surface area contributed by atoms with E-state index < -0.39 is 0 Å². The van der Waals surface area contributed by atoms with Crippen molar-refractivity contribution in [3.63, 3.8) is 0 Å². The lowest BCUT2D eigenvalue weighted by Gasteiger charge is -2.12. The highest BCUT2D eigenvalue weighted by molar-refractivity contribution is 8.03. The minimum atomic E-state index is -0.0176. The minimum absolute atomic E-state index is 0.0176. The third-order valence-electron chi connectivity index (χ3n) is 2.83. The van der Waals surface area contributed by atoms with E-state index in [1.54, 1.807) is 11.8 Å². The zero-order valence-corrected chi connectivity index (χ0v) is 14.8. The van der Waals surface area contributed by atoms with Crippen LogP contribution in [0, 0.1) is 20.8 Å². The molecule has 0 saturated heterocycles. The second-order valence-corrected chi connectivity index (χ2v) is 7.90. The molecule has 2 rings (SSSR count). The summed E-state index contributed by atoms with van der Waals surface area (Å²) in [5, 5.41) is 11.0. The summed E-state index contributed by atoms with van der Waals surface area (Å²) in [6, 6.07) is 4.15. The first-order chi connectivity index (χ1) is 9.99. The number of nitrogens with one attached hydrogen (secondary N) is 1. The Morgan fingerprint density at radius 3 is 2.38 bits per heavy atom. The van der Waals surface area contributed by atoms with E-state index in [0.29, 0.717) is 5.75 Å². The molecule has 0 aliphatic rings. The number of hydrogen-bond donors (Lipinski definition) is 1. The van der Waals surface area contributed by atoms with E-state index in [0.717, 1.165) is 25.5 Å². The first-order valence-electron chi connectivity index (χ1n) is 6.37. The number of carbonyl (C=O) groups is 1. The Labute approximate surface area is 137 Å². The monoisotopic (exact) mass is 339 g/mol. The Hall–Kier alpha value is -1.05. The van der Waals surface area contributed by atoms with Crippen molar-refractivity contribution in [2.24, 2.45) is 0 Å². The summed E-state index contributed by atoms with van der Waals surface area (Å²) in [7, 11) is 0. The highest BCUT2D eigenvalue weighted by Crippen LogP contribution is 2.28. The largest absolute Gasteiger partial charge is 0.325 e. The fraction of sp³-hybridized carbons (Fsp3) is 0.357. The molecule has 0 saturated carbocycles. The topological polar surface area (TPSA) is 54.9 Å². The van der Waals surface area contributed by atoms with Crippen molar-refractivity contribution in [1.29, 1.82) is 0 Å². The van der Waals surface area contributed by atoms with Crippen LogP contribution in [0.1, 0.15) is 16.7 Å².